The van der Waals surface area contributed by atoms with Crippen molar-refractivity contribution in [2.24, 2.45) is 0 Å². The first-order chi connectivity index (χ1) is 9.91. The van der Waals surface area contributed by atoms with Crippen LogP contribution in [0.25, 0.3) is 0 Å². The highest BCUT2D eigenvalue weighted by atomic mass is 32.2. The van der Waals surface area contributed by atoms with Gasteiger partial charge in [-0.1, -0.05) is 19.9 Å². The Balaban J connectivity index is 2.72. The molecule has 0 saturated carbocycles. The van der Waals surface area contributed by atoms with E-state index in [1.807, 2.05) is 26.8 Å². The van der Waals surface area contributed by atoms with Gasteiger partial charge in [0.15, 0.2) is 0 Å². The summed E-state index contributed by atoms with van der Waals surface area (Å²) in [6.45, 7) is 8.70. The largest absolute Gasteiger partial charge is 0.465 e. The first-order valence-corrected chi connectivity index (χ1v) is 8.13. The Hall–Kier alpha value is -1.07. The van der Waals surface area contributed by atoms with E-state index in [1.54, 1.807) is 24.8 Å². The number of nitrogens with one attached hydrogen (secondary N) is 1. The SMILES string of the molecule is CCNC(C)(CC(C)Sc1cccc(F)c1)C(=O)OCC. The third-order valence-electron chi connectivity index (χ3n) is 3.12. The van der Waals surface area contributed by atoms with Gasteiger partial charge >= 0.3 is 5.97 Å². The number of esters is 1. The molecule has 0 saturated heterocycles. The van der Waals surface area contributed by atoms with E-state index in [9.17, 15) is 9.18 Å². The molecule has 0 aromatic heterocycles. The number of carbonyl (C=O) groups excluding carboxylic acids is 1. The molecule has 0 amide bonds. The minimum Gasteiger partial charge on any atom is -0.465 e. The van der Waals surface area contributed by atoms with Gasteiger partial charge in [0.2, 0.25) is 0 Å². The van der Waals surface area contributed by atoms with Crippen molar-refractivity contribution in [3.05, 3.63) is 30.1 Å². The van der Waals surface area contributed by atoms with Crippen molar-refractivity contribution in [2.45, 2.75) is 49.8 Å². The highest BCUT2D eigenvalue weighted by Gasteiger charge is 2.35. The van der Waals surface area contributed by atoms with E-state index in [0.29, 0.717) is 19.6 Å². The van der Waals surface area contributed by atoms with Crippen LogP contribution in [0.1, 0.15) is 34.1 Å². The summed E-state index contributed by atoms with van der Waals surface area (Å²) in [5.41, 5.74) is -0.718. The maximum Gasteiger partial charge on any atom is 0.326 e. The zero-order valence-corrected chi connectivity index (χ0v) is 13.9. The van der Waals surface area contributed by atoms with Crippen molar-refractivity contribution < 1.29 is 13.9 Å². The molecule has 1 rings (SSSR count). The summed E-state index contributed by atoms with van der Waals surface area (Å²) in [6.07, 6.45) is 0.612. The van der Waals surface area contributed by atoms with Gasteiger partial charge in [0, 0.05) is 10.1 Å². The third kappa shape index (κ3) is 5.67. The predicted molar refractivity (Wildman–Crippen MR) is 85.1 cm³/mol. The number of ether oxygens (including phenoxy) is 1. The molecule has 3 nitrogen and oxygen atoms in total. The monoisotopic (exact) mass is 313 g/mol. The summed E-state index contributed by atoms with van der Waals surface area (Å²) in [5, 5.41) is 3.36. The Labute approximate surface area is 130 Å². The van der Waals surface area contributed by atoms with Crippen LogP contribution >= 0.6 is 11.8 Å². The van der Waals surface area contributed by atoms with Gasteiger partial charge < -0.3 is 10.1 Å². The number of hydrogen-bond acceptors (Lipinski definition) is 4. The highest BCUT2D eigenvalue weighted by Crippen LogP contribution is 2.29. The summed E-state index contributed by atoms with van der Waals surface area (Å²) in [5.74, 6) is -0.481. The molecular weight excluding hydrogens is 289 g/mol. The molecule has 0 aliphatic heterocycles. The number of carbonyl (C=O) groups is 1. The number of likely N-dealkylation sites (N-methyl/N-ethyl adjacent to an activating group) is 1. The van der Waals surface area contributed by atoms with E-state index < -0.39 is 5.54 Å². The van der Waals surface area contributed by atoms with Crippen LogP contribution in [-0.4, -0.2) is 29.9 Å². The molecule has 0 fully saturated rings. The molecule has 0 bridgehead atoms. The van der Waals surface area contributed by atoms with Gasteiger partial charge in [-0.15, -0.1) is 11.8 Å². The van der Waals surface area contributed by atoms with Crippen molar-refractivity contribution in [1.29, 1.82) is 0 Å². The Morgan fingerprint density at radius 3 is 2.76 bits per heavy atom. The van der Waals surface area contributed by atoms with Gasteiger partial charge in [-0.05, 0) is 45.0 Å². The van der Waals surface area contributed by atoms with Gasteiger partial charge in [-0.2, -0.15) is 0 Å². The van der Waals surface area contributed by atoms with Gasteiger partial charge in [0.25, 0.3) is 0 Å². The quantitative estimate of drug-likeness (QED) is 0.587. The molecule has 0 aliphatic carbocycles. The molecule has 118 valence electrons. The van der Waals surface area contributed by atoms with Crippen molar-refractivity contribution >= 4 is 17.7 Å². The molecule has 1 aromatic rings. The molecule has 1 N–H and O–H groups in total. The van der Waals surface area contributed by atoms with Crippen LogP contribution in [0.5, 0.6) is 0 Å². The number of thioether (sulfide) groups is 1. The fraction of sp³-hybridized carbons (Fsp3) is 0.562. The Bertz CT molecular complexity index is 469. The second-order valence-corrected chi connectivity index (χ2v) is 6.68. The van der Waals surface area contributed by atoms with Crippen LogP contribution < -0.4 is 5.32 Å². The van der Waals surface area contributed by atoms with Crippen LogP contribution in [0.3, 0.4) is 0 Å². The Kier molecular flexibility index (Phi) is 7.18. The van der Waals surface area contributed by atoms with Crippen LogP contribution in [0.15, 0.2) is 29.2 Å². The highest BCUT2D eigenvalue weighted by molar-refractivity contribution is 7.99. The number of halogens is 1. The lowest BCUT2D eigenvalue weighted by Crippen LogP contribution is -2.51. The van der Waals surface area contributed by atoms with Crippen LogP contribution in [0.4, 0.5) is 4.39 Å². The smallest absolute Gasteiger partial charge is 0.326 e. The predicted octanol–water partition coefficient (Wildman–Crippen LogP) is 3.63. The average molecular weight is 313 g/mol. The minimum absolute atomic E-state index is 0.153. The van der Waals surface area contributed by atoms with E-state index >= 15 is 0 Å². The lowest BCUT2D eigenvalue weighted by molar-refractivity contribution is -0.150. The van der Waals surface area contributed by atoms with Crippen LogP contribution in [0.2, 0.25) is 0 Å². The zero-order chi connectivity index (χ0) is 15.9. The Morgan fingerprint density at radius 1 is 1.48 bits per heavy atom. The van der Waals surface area contributed by atoms with Gasteiger partial charge in [0.05, 0.1) is 6.61 Å². The molecule has 0 radical (unpaired) electrons. The van der Waals surface area contributed by atoms with Crippen molar-refractivity contribution in [2.75, 3.05) is 13.2 Å². The molecule has 0 spiro atoms. The summed E-state index contributed by atoms with van der Waals surface area (Å²) >= 11 is 1.56. The lowest BCUT2D eigenvalue weighted by Gasteiger charge is -2.30. The summed E-state index contributed by atoms with van der Waals surface area (Å²) < 4.78 is 18.4. The first-order valence-electron chi connectivity index (χ1n) is 7.25. The summed E-state index contributed by atoms with van der Waals surface area (Å²) in [4.78, 5) is 13.0. The van der Waals surface area contributed by atoms with Crippen molar-refractivity contribution in [1.82, 2.24) is 5.32 Å². The third-order valence-corrected chi connectivity index (χ3v) is 4.22. The lowest BCUT2D eigenvalue weighted by atomic mass is 9.96. The second-order valence-electron chi connectivity index (χ2n) is 5.17. The van der Waals surface area contributed by atoms with Crippen LogP contribution in [0, 0.1) is 5.82 Å². The fourth-order valence-electron chi connectivity index (χ4n) is 2.30. The van der Waals surface area contributed by atoms with Crippen LogP contribution in [-0.2, 0) is 9.53 Å². The molecule has 2 unspecified atom stereocenters. The van der Waals surface area contributed by atoms with E-state index in [-0.39, 0.29) is 17.0 Å². The molecular formula is C16H24FNO2S. The van der Waals surface area contributed by atoms with E-state index in [4.69, 9.17) is 4.74 Å². The second kappa shape index (κ2) is 8.39. The molecule has 1 aromatic carbocycles. The average Bonchev–Trinajstić information content (AvgIpc) is 2.38. The molecule has 5 heteroatoms. The number of benzene rings is 1. The molecule has 21 heavy (non-hydrogen) atoms. The normalized spacial score (nSPS) is 15.3. The van der Waals surface area contributed by atoms with Gasteiger partial charge in [-0.3, -0.25) is 4.79 Å². The number of rotatable bonds is 8. The summed E-state index contributed by atoms with van der Waals surface area (Å²) in [6, 6.07) is 6.50. The summed E-state index contributed by atoms with van der Waals surface area (Å²) in [7, 11) is 0. The standard InChI is InChI=1S/C16H24FNO2S/c1-5-18-16(4,15(19)20-6-2)11-12(3)21-14-9-7-8-13(17)10-14/h7-10,12,18H,5-6,11H2,1-4H3. The molecule has 0 heterocycles. The maximum atomic E-state index is 13.2. The Morgan fingerprint density at radius 2 is 2.19 bits per heavy atom. The first kappa shape index (κ1) is 18.0. The molecule has 2 atom stereocenters. The minimum atomic E-state index is -0.718. The van der Waals surface area contributed by atoms with E-state index in [1.165, 1.54) is 12.1 Å². The maximum absolute atomic E-state index is 13.2. The fourth-order valence-corrected chi connectivity index (χ4v) is 3.52. The van der Waals surface area contributed by atoms with E-state index in [0.717, 1.165) is 4.90 Å². The van der Waals surface area contributed by atoms with Crippen molar-refractivity contribution in [3.63, 3.8) is 0 Å². The van der Waals surface area contributed by atoms with E-state index in [2.05, 4.69) is 5.32 Å². The molecule has 0 aliphatic rings. The van der Waals surface area contributed by atoms with Crippen molar-refractivity contribution in [3.8, 4) is 0 Å². The zero-order valence-electron chi connectivity index (χ0n) is 13.1. The van der Waals surface area contributed by atoms with Gasteiger partial charge in [-0.25, -0.2) is 4.39 Å². The number of hydrogen-bond donors (Lipinski definition) is 1. The topological polar surface area (TPSA) is 38.3 Å². The van der Waals surface area contributed by atoms with Gasteiger partial charge in [0.1, 0.15) is 11.4 Å².